The summed E-state index contributed by atoms with van der Waals surface area (Å²) in [6.45, 7) is 0. The van der Waals surface area contributed by atoms with E-state index in [1.807, 2.05) is 30.5 Å². The summed E-state index contributed by atoms with van der Waals surface area (Å²) in [5.74, 6) is 0.619. The minimum atomic E-state index is 0.582. The third-order valence-electron chi connectivity index (χ3n) is 4.71. The summed E-state index contributed by atoms with van der Waals surface area (Å²) < 4.78 is 0. The van der Waals surface area contributed by atoms with Gasteiger partial charge in [-0.3, -0.25) is 0 Å². The van der Waals surface area contributed by atoms with E-state index in [9.17, 15) is 0 Å². The number of allylic oxidation sites excluding steroid dienone is 1. The van der Waals surface area contributed by atoms with Crippen LogP contribution in [0.5, 0.6) is 0 Å². The molecule has 0 spiro atoms. The van der Waals surface area contributed by atoms with E-state index in [0.717, 1.165) is 22.3 Å². The fraction of sp³-hybridized carbons (Fsp3) is 0.250. The van der Waals surface area contributed by atoms with Crippen LogP contribution in [0.2, 0.25) is 10.0 Å². The second-order valence-electron chi connectivity index (χ2n) is 6.38. The summed E-state index contributed by atoms with van der Waals surface area (Å²) >= 11 is 12.4. The van der Waals surface area contributed by atoms with E-state index in [2.05, 4.69) is 28.2 Å². The van der Waals surface area contributed by atoms with Crippen LogP contribution in [0.15, 0.2) is 48.7 Å². The first-order valence-corrected chi connectivity index (χ1v) is 9.07. The molecule has 1 saturated carbocycles. The fourth-order valence-corrected chi connectivity index (χ4v) is 3.77. The van der Waals surface area contributed by atoms with E-state index >= 15 is 0 Å². The first-order valence-electron chi connectivity index (χ1n) is 8.32. The number of hydrogen-bond donors (Lipinski definition) is 1. The highest BCUT2D eigenvalue weighted by Gasteiger charge is 2.17. The van der Waals surface area contributed by atoms with Gasteiger partial charge in [0.25, 0.3) is 0 Å². The number of aromatic nitrogens is 2. The average Bonchev–Trinajstić information content (AvgIpc) is 3.24. The molecule has 3 aromatic rings. The second kappa shape index (κ2) is 6.62. The standard InChI is InChI=1S/C20H18Cl2N2/c21-17-8-7-14(11-18(17)22)16(10-13-4-1-2-5-13)19-12-15-6-3-9-23-20(15)24-19/h3,6-13H,1-2,4-5H2,(H,23,24). The van der Waals surface area contributed by atoms with Gasteiger partial charge in [0.05, 0.1) is 10.0 Å². The molecule has 1 aromatic carbocycles. The molecule has 0 saturated heterocycles. The van der Waals surface area contributed by atoms with Crippen LogP contribution >= 0.6 is 23.2 Å². The van der Waals surface area contributed by atoms with Crippen molar-refractivity contribution < 1.29 is 0 Å². The number of fused-ring (bicyclic) bond motifs is 1. The van der Waals surface area contributed by atoms with Gasteiger partial charge < -0.3 is 4.98 Å². The minimum absolute atomic E-state index is 0.582. The van der Waals surface area contributed by atoms with Crippen LogP contribution in [0.25, 0.3) is 16.6 Å². The summed E-state index contributed by atoms with van der Waals surface area (Å²) in [4.78, 5) is 7.86. The van der Waals surface area contributed by atoms with E-state index in [0.29, 0.717) is 16.0 Å². The molecule has 0 aliphatic heterocycles. The molecule has 1 N–H and O–H groups in total. The molecule has 2 aromatic heterocycles. The fourth-order valence-electron chi connectivity index (χ4n) is 3.47. The Kier molecular flexibility index (Phi) is 4.34. The largest absolute Gasteiger partial charge is 0.339 e. The molecule has 0 bridgehead atoms. The predicted octanol–water partition coefficient (Wildman–Crippen LogP) is 6.49. The van der Waals surface area contributed by atoms with Crippen molar-refractivity contribution in [2.45, 2.75) is 25.7 Å². The number of benzene rings is 1. The zero-order valence-electron chi connectivity index (χ0n) is 13.2. The molecule has 1 aliphatic rings. The number of pyridine rings is 1. The first kappa shape index (κ1) is 15.7. The van der Waals surface area contributed by atoms with Crippen molar-refractivity contribution in [2.24, 2.45) is 5.92 Å². The maximum Gasteiger partial charge on any atom is 0.137 e. The van der Waals surface area contributed by atoms with Crippen molar-refractivity contribution in [3.05, 3.63) is 70.0 Å². The van der Waals surface area contributed by atoms with Crippen molar-refractivity contribution in [1.82, 2.24) is 9.97 Å². The summed E-state index contributed by atoms with van der Waals surface area (Å²) in [6.07, 6.45) is 9.32. The number of aromatic amines is 1. The zero-order valence-corrected chi connectivity index (χ0v) is 14.7. The van der Waals surface area contributed by atoms with Crippen molar-refractivity contribution in [1.29, 1.82) is 0 Å². The normalized spacial score (nSPS) is 16.2. The molecule has 1 aliphatic carbocycles. The van der Waals surface area contributed by atoms with Crippen molar-refractivity contribution in [3.8, 4) is 0 Å². The van der Waals surface area contributed by atoms with Gasteiger partial charge in [0.1, 0.15) is 5.65 Å². The lowest BCUT2D eigenvalue weighted by Gasteiger charge is -2.11. The molecule has 0 unspecified atom stereocenters. The minimum Gasteiger partial charge on any atom is -0.339 e. The van der Waals surface area contributed by atoms with E-state index in [-0.39, 0.29) is 0 Å². The Morgan fingerprint density at radius 1 is 1.08 bits per heavy atom. The summed E-state index contributed by atoms with van der Waals surface area (Å²) in [5, 5.41) is 2.28. The molecule has 24 heavy (non-hydrogen) atoms. The van der Waals surface area contributed by atoms with Crippen molar-refractivity contribution in [2.75, 3.05) is 0 Å². The molecular formula is C20H18Cl2N2. The van der Waals surface area contributed by atoms with Gasteiger partial charge in [-0.05, 0) is 54.7 Å². The molecule has 4 rings (SSSR count). The van der Waals surface area contributed by atoms with E-state index in [1.165, 1.54) is 31.3 Å². The van der Waals surface area contributed by atoms with Gasteiger partial charge >= 0.3 is 0 Å². The average molecular weight is 357 g/mol. The number of H-pyrrole nitrogens is 1. The lowest BCUT2D eigenvalue weighted by atomic mass is 9.96. The van der Waals surface area contributed by atoms with Crippen LogP contribution in [0, 0.1) is 5.92 Å². The molecule has 0 radical (unpaired) electrons. The number of halogens is 2. The molecule has 2 heterocycles. The van der Waals surface area contributed by atoms with Crippen LogP contribution in [0.3, 0.4) is 0 Å². The smallest absolute Gasteiger partial charge is 0.137 e. The molecular weight excluding hydrogens is 339 g/mol. The Labute approximate surface area is 151 Å². The highest BCUT2D eigenvalue weighted by Crippen LogP contribution is 2.34. The molecule has 122 valence electrons. The highest BCUT2D eigenvalue weighted by molar-refractivity contribution is 6.42. The Balaban J connectivity index is 1.84. The summed E-state index contributed by atoms with van der Waals surface area (Å²) in [5.41, 5.74) is 4.25. The van der Waals surface area contributed by atoms with Gasteiger partial charge in [-0.25, -0.2) is 4.98 Å². The number of nitrogens with one attached hydrogen (secondary N) is 1. The maximum absolute atomic E-state index is 6.26. The van der Waals surface area contributed by atoms with Crippen LogP contribution < -0.4 is 0 Å². The monoisotopic (exact) mass is 356 g/mol. The van der Waals surface area contributed by atoms with Crippen LogP contribution in [0.4, 0.5) is 0 Å². The SMILES string of the molecule is Clc1ccc(C(=CC2CCCC2)c2cc3cccnc3[nH]2)cc1Cl. The van der Waals surface area contributed by atoms with Gasteiger partial charge in [-0.2, -0.15) is 0 Å². The molecule has 0 atom stereocenters. The van der Waals surface area contributed by atoms with E-state index < -0.39 is 0 Å². The third kappa shape index (κ3) is 3.09. The Morgan fingerprint density at radius 2 is 1.92 bits per heavy atom. The summed E-state index contributed by atoms with van der Waals surface area (Å²) in [7, 11) is 0. The second-order valence-corrected chi connectivity index (χ2v) is 7.19. The Hall–Kier alpha value is -1.77. The quantitative estimate of drug-likeness (QED) is 0.570. The van der Waals surface area contributed by atoms with Crippen LogP contribution in [-0.2, 0) is 0 Å². The molecule has 1 fully saturated rings. The van der Waals surface area contributed by atoms with Crippen molar-refractivity contribution in [3.63, 3.8) is 0 Å². The molecule has 2 nitrogen and oxygen atoms in total. The van der Waals surface area contributed by atoms with Crippen LogP contribution in [-0.4, -0.2) is 9.97 Å². The maximum atomic E-state index is 6.26. The van der Waals surface area contributed by atoms with Gasteiger partial charge in [-0.15, -0.1) is 0 Å². The molecule has 4 heteroatoms. The zero-order chi connectivity index (χ0) is 16.5. The topological polar surface area (TPSA) is 28.7 Å². The lowest BCUT2D eigenvalue weighted by molar-refractivity contribution is 0.687. The Bertz CT molecular complexity index is 872. The predicted molar refractivity (Wildman–Crippen MR) is 102 cm³/mol. The third-order valence-corrected chi connectivity index (χ3v) is 5.45. The first-order chi connectivity index (χ1) is 11.7. The van der Waals surface area contributed by atoms with Gasteiger partial charge in [0, 0.05) is 22.9 Å². The number of nitrogens with zero attached hydrogens (tertiary/aromatic N) is 1. The number of hydrogen-bond acceptors (Lipinski definition) is 1. The number of rotatable bonds is 3. The van der Waals surface area contributed by atoms with Crippen LogP contribution in [0.1, 0.15) is 36.9 Å². The van der Waals surface area contributed by atoms with Crippen molar-refractivity contribution >= 4 is 39.8 Å². The highest BCUT2D eigenvalue weighted by atomic mass is 35.5. The van der Waals surface area contributed by atoms with Gasteiger partial charge in [0.15, 0.2) is 0 Å². The summed E-state index contributed by atoms with van der Waals surface area (Å²) in [6, 6.07) is 12.0. The van der Waals surface area contributed by atoms with Gasteiger partial charge in [0.2, 0.25) is 0 Å². The molecule has 0 amide bonds. The van der Waals surface area contributed by atoms with Gasteiger partial charge in [-0.1, -0.05) is 48.2 Å². The lowest BCUT2D eigenvalue weighted by Crippen LogP contribution is -1.94. The van der Waals surface area contributed by atoms with E-state index in [1.54, 1.807) is 0 Å². The Morgan fingerprint density at radius 3 is 2.67 bits per heavy atom. The van der Waals surface area contributed by atoms with E-state index in [4.69, 9.17) is 23.2 Å².